The largest absolute Gasteiger partial charge is 0.459 e. The van der Waals surface area contributed by atoms with Gasteiger partial charge in [-0.1, -0.05) is 18.2 Å². The van der Waals surface area contributed by atoms with Crippen LogP contribution in [0.25, 0.3) is 11.0 Å². The Morgan fingerprint density at radius 3 is 2.58 bits per heavy atom. The van der Waals surface area contributed by atoms with E-state index in [9.17, 15) is 9.59 Å². The molecular formula is C20H20N2O4. The van der Waals surface area contributed by atoms with Gasteiger partial charge in [-0.3, -0.25) is 9.59 Å². The molecule has 1 aliphatic heterocycles. The summed E-state index contributed by atoms with van der Waals surface area (Å²) >= 11 is 0. The van der Waals surface area contributed by atoms with Crippen LogP contribution in [0.2, 0.25) is 0 Å². The van der Waals surface area contributed by atoms with Crippen molar-refractivity contribution in [2.24, 2.45) is 0 Å². The number of nitrogens with zero attached hydrogens (tertiary/aromatic N) is 1. The molecule has 3 heterocycles. The first-order chi connectivity index (χ1) is 12.6. The fourth-order valence-electron chi connectivity index (χ4n) is 3.42. The first-order valence-corrected chi connectivity index (χ1v) is 8.75. The molecule has 0 atom stereocenters. The summed E-state index contributed by atoms with van der Waals surface area (Å²) in [4.78, 5) is 26.6. The highest BCUT2D eigenvalue weighted by atomic mass is 16.3. The van der Waals surface area contributed by atoms with Crippen LogP contribution in [0.5, 0.6) is 0 Å². The van der Waals surface area contributed by atoms with Crippen LogP contribution in [0.15, 0.2) is 51.5 Å². The summed E-state index contributed by atoms with van der Waals surface area (Å²) in [6.45, 7) is 3.07. The maximum absolute atomic E-state index is 12.6. The van der Waals surface area contributed by atoms with Gasteiger partial charge in [0.15, 0.2) is 11.5 Å². The summed E-state index contributed by atoms with van der Waals surface area (Å²) in [6, 6.07) is 11.0. The van der Waals surface area contributed by atoms with Crippen molar-refractivity contribution in [3.05, 3.63) is 59.7 Å². The number of furan rings is 2. The Labute approximate surface area is 150 Å². The summed E-state index contributed by atoms with van der Waals surface area (Å²) < 4.78 is 10.9. The van der Waals surface area contributed by atoms with Gasteiger partial charge in [0.25, 0.3) is 11.8 Å². The predicted octanol–water partition coefficient (Wildman–Crippen LogP) is 3.37. The second kappa shape index (κ2) is 6.71. The Bertz CT molecular complexity index is 934. The summed E-state index contributed by atoms with van der Waals surface area (Å²) in [6.07, 6.45) is 2.91. The molecule has 6 heteroatoms. The first kappa shape index (κ1) is 16.4. The highest BCUT2D eigenvalue weighted by Gasteiger charge is 2.27. The third kappa shape index (κ3) is 2.98. The number of para-hydroxylation sites is 1. The zero-order chi connectivity index (χ0) is 18.1. The van der Waals surface area contributed by atoms with Gasteiger partial charge in [-0.05, 0) is 38.0 Å². The normalized spacial score (nSPS) is 15.3. The molecule has 0 radical (unpaired) electrons. The smallest absolute Gasteiger partial charge is 0.289 e. The van der Waals surface area contributed by atoms with Crippen molar-refractivity contribution in [1.82, 2.24) is 10.2 Å². The Balaban J connectivity index is 1.38. The van der Waals surface area contributed by atoms with E-state index in [0.29, 0.717) is 43.0 Å². The van der Waals surface area contributed by atoms with Crippen LogP contribution >= 0.6 is 0 Å². The molecule has 6 nitrogen and oxygen atoms in total. The zero-order valence-corrected chi connectivity index (χ0v) is 14.5. The number of aryl methyl sites for hydroxylation is 1. The van der Waals surface area contributed by atoms with Crippen LogP contribution in [0, 0.1) is 6.92 Å². The van der Waals surface area contributed by atoms with Crippen LogP contribution in [0.4, 0.5) is 0 Å². The van der Waals surface area contributed by atoms with Crippen molar-refractivity contribution >= 4 is 22.8 Å². The van der Waals surface area contributed by atoms with E-state index in [1.54, 1.807) is 17.0 Å². The van der Waals surface area contributed by atoms with Gasteiger partial charge in [0.2, 0.25) is 0 Å². The highest BCUT2D eigenvalue weighted by molar-refractivity contribution is 5.99. The van der Waals surface area contributed by atoms with Gasteiger partial charge in [-0.25, -0.2) is 0 Å². The average Bonchev–Trinajstić information content (AvgIpc) is 3.31. The molecule has 1 saturated heterocycles. The van der Waals surface area contributed by atoms with E-state index >= 15 is 0 Å². The van der Waals surface area contributed by atoms with Crippen LogP contribution in [-0.4, -0.2) is 35.8 Å². The molecule has 0 saturated carbocycles. The lowest BCUT2D eigenvalue weighted by atomic mass is 10.0. The first-order valence-electron chi connectivity index (χ1n) is 8.75. The van der Waals surface area contributed by atoms with Gasteiger partial charge in [-0.15, -0.1) is 0 Å². The lowest BCUT2D eigenvalue weighted by Crippen LogP contribution is -2.46. The number of carbonyl (C=O) groups excluding carboxylic acids is 2. The predicted molar refractivity (Wildman–Crippen MR) is 96.1 cm³/mol. The second-order valence-corrected chi connectivity index (χ2v) is 6.57. The summed E-state index contributed by atoms with van der Waals surface area (Å²) in [5.41, 5.74) is 1.57. The number of amides is 2. The molecule has 26 heavy (non-hydrogen) atoms. The van der Waals surface area contributed by atoms with Gasteiger partial charge in [0.1, 0.15) is 5.58 Å². The lowest BCUT2D eigenvalue weighted by molar-refractivity contribution is 0.0665. The number of nitrogens with one attached hydrogen (secondary N) is 1. The molecule has 0 aliphatic carbocycles. The monoisotopic (exact) mass is 352 g/mol. The summed E-state index contributed by atoms with van der Waals surface area (Å²) in [5.74, 6) is 0.410. The maximum Gasteiger partial charge on any atom is 0.289 e. The van der Waals surface area contributed by atoms with Gasteiger partial charge in [0, 0.05) is 30.1 Å². The molecule has 1 aromatic carbocycles. The number of piperidine rings is 1. The number of hydrogen-bond donors (Lipinski definition) is 1. The molecule has 0 spiro atoms. The Kier molecular flexibility index (Phi) is 4.24. The molecule has 0 bridgehead atoms. The van der Waals surface area contributed by atoms with Crippen LogP contribution in [0.1, 0.15) is 39.5 Å². The molecule has 0 unspecified atom stereocenters. The van der Waals surface area contributed by atoms with Crippen molar-refractivity contribution in [3.63, 3.8) is 0 Å². The molecular weight excluding hydrogens is 332 g/mol. The van der Waals surface area contributed by atoms with E-state index in [-0.39, 0.29) is 17.9 Å². The van der Waals surface area contributed by atoms with Crippen molar-refractivity contribution in [3.8, 4) is 0 Å². The Hall–Kier alpha value is -3.02. The topological polar surface area (TPSA) is 75.7 Å². The minimum atomic E-state index is -0.200. The highest BCUT2D eigenvalue weighted by Crippen LogP contribution is 2.25. The van der Waals surface area contributed by atoms with E-state index in [1.165, 1.54) is 6.26 Å². The molecule has 1 N–H and O–H groups in total. The van der Waals surface area contributed by atoms with Crippen LogP contribution < -0.4 is 5.32 Å². The number of rotatable bonds is 3. The van der Waals surface area contributed by atoms with Gasteiger partial charge in [0.05, 0.1) is 6.26 Å². The molecule has 2 aromatic heterocycles. The SMILES string of the molecule is Cc1c(C(=O)NC2CCN(C(=O)c3ccco3)CC2)oc2ccccc12. The second-order valence-electron chi connectivity index (χ2n) is 6.57. The minimum Gasteiger partial charge on any atom is -0.459 e. The quantitative estimate of drug-likeness (QED) is 0.784. The van der Waals surface area contributed by atoms with Crippen molar-refractivity contribution in [1.29, 1.82) is 0 Å². The molecule has 3 aromatic rings. The molecule has 1 fully saturated rings. The molecule has 4 rings (SSSR count). The van der Waals surface area contributed by atoms with Gasteiger partial charge >= 0.3 is 0 Å². The van der Waals surface area contributed by atoms with Gasteiger partial charge in [-0.2, -0.15) is 0 Å². The summed E-state index contributed by atoms with van der Waals surface area (Å²) in [5, 5.41) is 3.99. The number of hydrogen-bond acceptors (Lipinski definition) is 4. The fourth-order valence-corrected chi connectivity index (χ4v) is 3.42. The number of fused-ring (bicyclic) bond motifs is 1. The third-order valence-electron chi connectivity index (χ3n) is 4.90. The van der Waals surface area contributed by atoms with Crippen molar-refractivity contribution in [2.45, 2.75) is 25.8 Å². The van der Waals surface area contributed by atoms with E-state index in [4.69, 9.17) is 8.83 Å². The third-order valence-corrected chi connectivity index (χ3v) is 4.90. The molecule has 2 amide bonds. The standard InChI is InChI=1S/C20H20N2O4/c1-13-15-5-2-3-6-16(15)26-18(13)19(23)21-14-8-10-22(11-9-14)20(24)17-7-4-12-25-17/h2-7,12,14H,8-11H2,1H3,(H,21,23). The lowest BCUT2D eigenvalue weighted by Gasteiger charge is -2.31. The molecule has 134 valence electrons. The summed E-state index contributed by atoms with van der Waals surface area (Å²) in [7, 11) is 0. The Morgan fingerprint density at radius 1 is 1.12 bits per heavy atom. The molecule has 1 aliphatic rings. The van der Waals surface area contributed by atoms with E-state index in [1.807, 2.05) is 31.2 Å². The van der Waals surface area contributed by atoms with Gasteiger partial charge < -0.3 is 19.1 Å². The van der Waals surface area contributed by atoms with Crippen molar-refractivity contribution in [2.75, 3.05) is 13.1 Å². The average molecular weight is 352 g/mol. The maximum atomic E-state index is 12.6. The number of carbonyl (C=O) groups is 2. The van der Waals surface area contributed by atoms with E-state index in [0.717, 1.165) is 10.9 Å². The minimum absolute atomic E-state index is 0.0239. The van der Waals surface area contributed by atoms with E-state index in [2.05, 4.69) is 5.32 Å². The number of benzene rings is 1. The fraction of sp³-hybridized carbons (Fsp3) is 0.300. The van der Waals surface area contributed by atoms with Crippen molar-refractivity contribution < 1.29 is 18.4 Å². The van der Waals surface area contributed by atoms with E-state index < -0.39 is 0 Å². The Morgan fingerprint density at radius 2 is 1.88 bits per heavy atom. The number of likely N-dealkylation sites (tertiary alicyclic amines) is 1. The zero-order valence-electron chi connectivity index (χ0n) is 14.5. The van der Waals surface area contributed by atoms with Crippen LogP contribution in [-0.2, 0) is 0 Å². The van der Waals surface area contributed by atoms with Crippen LogP contribution in [0.3, 0.4) is 0 Å².